The normalized spacial score (nSPS) is 11.6. The highest BCUT2D eigenvalue weighted by Crippen LogP contribution is 2.47. The maximum absolute atomic E-state index is 2.45. The van der Waals surface area contributed by atoms with Gasteiger partial charge >= 0.3 is 0 Å². The SMILES string of the molecule is c1ccc(-c2cccc(-c3c4ccccc4c(-c4ccc5ccc6ccc(-c7c8ccccc8c(-c8cccc(-c9ccccc9)c8)c8ccccc78)cc6c5c4)c4ccccc34)c2)cc1. The Morgan fingerprint density at radius 1 is 0.136 bits per heavy atom. The van der Waals surface area contributed by atoms with Crippen molar-refractivity contribution in [3.63, 3.8) is 0 Å². The van der Waals surface area contributed by atoms with E-state index >= 15 is 0 Å². The Balaban J connectivity index is 1.01. The number of rotatable bonds is 6. The van der Waals surface area contributed by atoms with Gasteiger partial charge < -0.3 is 0 Å². The lowest BCUT2D eigenvalue weighted by atomic mass is 9.84. The summed E-state index contributed by atoms with van der Waals surface area (Å²) in [6.07, 6.45) is 0. The van der Waals surface area contributed by atoms with Crippen molar-refractivity contribution in [3.05, 3.63) is 255 Å². The minimum absolute atomic E-state index is 1.22. The van der Waals surface area contributed by atoms with Gasteiger partial charge in [-0.2, -0.15) is 0 Å². The minimum Gasteiger partial charge on any atom is -0.0622 e. The molecule has 0 fully saturated rings. The molecule has 0 radical (unpaired) electrons. The Kier molecular flexibility index (Phi) is 8.96. The molecule has 0 heteroatoms. The van der Waals surface area contributed by atoms with Gasteiger partial charge in [-0.25, -0.2) is 0 Å². The van der Waals surface area contributed by atoms with Crippen LogP contribution in [0.15, 0.2) is 255 Å². The van der Waals surface area contributed by atoms with Gasteiger partial charge in [-0.1, -0.05) is 231 Å². The third-order valence-corrected chi connectivity index (χ3v) is 13.8. The zero-order chi connectivity index (χ0) is 43.6. The van der Waals surface area contributed by atoms with Crippen LogP contribution in [0.2, 0.25) is 0 Å². The van der Waals surface area contributed by atoms with Crippen LogP contribution in [-0.2, 0) is 0 Å². The van der Waals surface area contributed by atoms with Crippen molar-refractivity contribution in [2.24, 2.45) is 0 Å². The molecule has 13 rings (SSSR count). The molecule has 0 unspecified atom stereocenters. The second kappa shape index (κ2) is 15.6. The summed E-state index contributed by atoms with van der Waals surface area (Å²) in [4.78, 5) is 0. The van der Waals surface area contributed by atoms with Gasteiger partial charge in [0, 0.05) is 0 Å². The van der Waals surface area contributed by atoms with E-state index in [0.29, 0.717) is 0 Å². The Hall–Kier alpha value is -8.58. The zero-order valence-corrected chi connectivity index (χ0v) is 36.2. The largest absolute Gasteiger partial charge is 0.0622 e. The quantitative estimate of drug-likeness (QED) is 0.116. The van der Waals surface area contributed by atoms with Gasteiger partial charge in [-0.05, 0) is 156 Å². The van der Waals surface area contributed by atoms with Crippen molar-refractivity contribution in [3.8, 4) is 66.8 Å². The first kappa shape index (κ1) is 37.9. The maximum atomic E-state index is 2.45. The highest BCUT2D eigenvalue weighted by molar-refractivity contribution is 6.24. The van der Waals surface area contributed by atoms with Crippen molar-refractivity contribution in [2.45, 2.75) is 0 Å². The molecule has 0 saturated heterocycles. The average Bonchev–Trinajstić information content (AvgIpc) is 3.39. The summed E-state index contributed by atoms with van der Waals surface area (Å²) in [5.74, 6) is 0. The van der Waals surface area contributed by atoms with Gasteiger partial charge in [0.25, 0.3) is 0 Å². The summed E-state index contributed by atoms with van der Waals surface area (Å²) >= 11 is 0. The van der Waals surface area contributed by atoms with Gasteiger partial charge in [0.05, 0.1) is 0 Å². The molecule has 0 atom stereocenters. The van der Waals surface area contributed by atoms with E-state index in [4.69, 9.17) is 0 Å². The van der Waals surface area contributed by atoms with E-state index in [9.17, 15) is 0 Å². The Bertz CT molecular complexity index is 3650. The monoisotopic (exact) mass is 834 g/mol. The number of hydrogen-bond donors (Lipinski definition) is 0. The van der Waals surface area contributed by atoms with Gasteiger partial charge in [-0.15, -0.1) is 0 Å². The lowest BCUT2D eigenvalue weighted by Crippen LogP contribution is -1.92. The number of hydrogen-bond acceptors (Lipinski definition) is 0. The fourth-order valence-electron chi connectivity index (χ4n) is 10.8. The predicted octanol–water partition coefficient (Wildman–Crippen LogP) is 18.6. The van der Waals surface area contributed by atoms with Crippen molar-refractivity contribution in [2.75, 3.05) is 0 Å². The molecule has 0 heterocycles. The van der Waals surface area contributed by atoms with E-state index in [1.807, 2.05) is 0 Å². The van der Waals surface area contributed by atoms with Gasteiger partial charge in [0.1, 0.15) is 0 Å². The minimum atomic E-state index is 1.22. The molecule has 0 aliphatic carbocycles. The van der Waals surface area contributed by atoms with Crippen LogP contribution in [0.25, 0.3) is 131 Å². The van der Waals surface area contributed by atoms with Crippen LogP contribution >= 0.6 is 0 Å². The van der Waals surface area contributed by atoms with E-state index in [2.05, 4.69) is 255 Å². The first-order chi connectivity index (χ1) is 32.7. The predicted molar refractivity (Wildman–Crippen MR) is 284 cm³/mol. The van der Waals surface area contributed by atoms with Crippen LogP contribution in [0.5, 0.6) is 0 Å². The Labute approximate surface area is 384 Å². The molecule has 306 valence electrons. The first-order valence-electron chi connectivity index (χ1n) is 22.9. The summed E-state index contributed by atoms with van der Waals surface area (Å²) < 4.78 is 0. The van der Waals surface area contributed by atoms with Gasteiger partial charge in [0.15, 0.2) is 0 Å². The van der Waals surface area contributed by atoms with Crippen LogP contribution < -0.4 is 0 Å². The second-order valence-electron chi connectivity index (χ2n) is 17.5. The summed E-state index contributed by atoms with van der Waals surface area (Å²) in [6, 6.07) is 94.2. The zero-order valence-electron chi connectivity index (χ0n) is 36.2. The van der Waals surface area contributed by atoms with Crippen molar-refractivity contribution < 1.29 is 0 Å². The molecule has 13 aromatic rings. The molecule has 66 heavy (non-hydrogen) atoms. The van der Waals surface area contributed by atoms with Crippen LogP contribution in [0.1, 0.15) is 0 Å². The van der Waals surface area contributed by atoms with Crippen LogP contribution in [0.3, 0.4) is 0 Å². The topological polar surface area (TPSA) is 0 Å². The maximum Gasteiger partial charge on any atom is -0.00261 e. The molecule has 0 aliphatic heterocycles. The molecule has 0 nitrogen and oxygen atoms in total. The lowest BCUT2D eigenvalue weighted by molar-refractivity contribution is 1.61. The summed E-state index contributed by atoms with van der Waals surface area (Å²) in [5.41, 5.74) is 14.8. The van der Waals surface area contributed by atoms with Crippen LogP contribution in [0, 0.1) is 0 Å². The Morgan fingerprint density at radius 3 is 0.697 bits per heavy atom. The van der Waals surface area contributed by atoms with E-state index in [1.54, 1.807) is 0 Å². The highest BCUT2D eigenvalue weighted by atomic mass is 14.2. The molecule has 0 aromatic heterocycles. The second-order valence-corrected chi connectivity index (χ2v) is 17.5. The van der Waals surface area contributed by atoms with Crippen LogP contribution in [-0.4, -0.2) is 0 Å². The molecule has 0 amide bonds. The fraction of sp³-hybridized carbons (Fsp3) is 0. The van der Waals surface area contributed by atoms with E-state index in [-0.39, 0.29) is 0 Å². The third kappa shape index (κ3) is 6.22. The molecule has 0 N–H and O–H groups in total. The molecule has 0 aliphatic rings. The standard InChI is InChI=1S/C66H42/c1-3-17-43(18-4-1)47-21-15-23-49(39-47)63-53-25-7-11-29-57(53)65(58-30-12-8-26-54(58)63)51-37-35-45-33-34-46-36-38-52(42-62(46)61(45)41-51)66-59-31-13-9-27-55(59)64(56-28-10-14-32-60(56)66)50-24-16-22-48(40-50)44-19-5-2-6-20-44/h1-42H. The van der Waals surface area contributed by atoms with E-state index < -0.39 is 0 Å². The smallest absolute Gasteiger partial charge is 0.00261 e. The molecular formula is C66H42. The summed E-state index contributed by atoms with van der Waals surface area (Å²) in [7, 11) is 0. The molecule has 0 spiro atoms. The molecule has 13 aromatic carbocycles. The van der Waals surface area contributed by atoms with Crippen LogP contribution in [0.4, 0.5) is 0 Å². The van der Waals surface area contributed by atoms with E-state index in [1.165, 1.54) is 131 Å². The Morgan fingerprint density at radius 2 is 0.379 bits per heavy atom. The van der Waals surface area contributed by atoms with E-state index in [0.717, 1.165) is 0 Å². The molecule has 0 saturated carbocycles. The van der Waals surface area contributed by atoms with Gasteiger partial charge in [0.2, 0.25) is 0 Å². The molecule has 0 bridgehead atoms. The molecular weight excluding hydrogens is 793 g/mol. The highest BCUT2D eigenvalue weighted by Gasteiger charge is 2.20. The summed E-state index contributed by atoms with van der Waals surface area (Å²) in [5, 5.41) is 15.0. The van der Waals surface area contributed by atoms with Crippen molar-refractivity contribution in [1.82, 2.24) is 0 Å². The third-order valence-electron chi connectivity index (χ3n) is 13.8. The fourth-order valence-corrected chi connectivity index (χ4v) is 10.8. The average molecular weight is 835 g/mol. The lowest BCUT2D eigenvalue weighted by Gasteiger charge is -2.19. The number of fused-ring (bicyclic) bond motifs is 7. The first-order valence-corrected chi connectivity index (χ1v) is 22.9. The van der Waals surface area contributed by atoms with Crippen molar-refractivity contribution in [1.29, 1.82) is 0 Å². The summed E-state index contributed by atoms with van der Waals surface area (Å²) in [6.45, 7) is 0. The van der Waals surface area contributed by atoms with Gasteiger partial charge in [-0.3, -0.25) is 0 Å². The van der Waals surface area contributed by atoms with Crippen molar-refractivity contribution >= 4 is 64.6 Å². The number of benzene rings is 13.